The molecule has 1 N–H and O–H groups in total. The summed E-state index contributed by atoms with van der Waals surface area (Å²) in [6.45, 7) is 0. The van der Waals surface area contributed by atoms with Gasteiger partial charge in [-0.2, -0.15) is 13.2 Å². The van der Waals surface area contributed by atoms with Gasteiger partial charge in [0.25, 0.3) is 0 Å². The fraction of sp³-hybridized carbons (Fsp3) is 1.00. The van der Waals surface area contributed by atoms with Gasteiger partial charge < -0.3 is 4.65 Å². The monoisotopic (exact) mass is 173 g/mol. The van der Waals surface area contributed by atoms with Gasteiger partial charge in [0.05, 0.1) is 20.1 Å². The van der Waals surface area contributed by atoms with Crippen molar-refractivity contribution in [3.8, 4) is 0 Å². The van der Waals surface area contributed by atoms with Gasteiger partial charge in [0.2, 0.25) is 0 Å². The van der Waals surface area contributed by atoms with Crippen LogP contribution in [0.4, 0.5) is 13.2 Å². The molecule has 0 radical (unpaired) electrons. The predicted molar refractivity (Wildman–Crippen MR) is 37.1 cm³/mol. The molecule has 0 saturated heterocycles. The van der Waals surface area contributed by atoms with Gasteiger partial charge in [0.1, 0.15) is 0 Å². The largest absolute Gasteiger partial charge is 0.388 e. The van der Waals surface area contributed by atoms with Crippen LogP contribution in [-0.2, 0) is 0 Å². The molecule has 9 heavy (non-hydrogen) atoms. The van der Waals surface area contributed by atoms with E-state index in [2.05, 4.69) is 4.65 Å². The number of hydrogen-bond donors (Lipinski definition) is 1. The third kappa shape index (κ3) is 8.18. The zero-order chi connectivity index (χ0) is 7.33. The second-order valence-corrected chi connectivity index (χ2v) is 5.86. The van der Waals surface area contributed by atoms with Crippen molar-refractivity contribution in [1.29, 1.82) is 0 Å². The van der Waals surface area contributed by atoms with Crippen LogP contribution in [0.3, 0.4) is 0 Å². The molecule has 0 rings (SSSR count). The highest BCUT2D eigenvalue weighted by Crippen LogP contribution is 2.20. The average molecular weight is 173 g/mol. The van der Waals surface area contributed by atoms with Gasteiger partial charge in [-0.15, -0.1) is 0 Å². The lowest BCUT2D eigenvalue weighted by atomic mass is 10.5. The summed E-state index contributed by atoms with van der Waals surface area (Å²) in [5.74, 6) is 0. The summed E-state index contributed by atoms with van der Waals surface area (Å²) in [5, 5.41) is 0. The van der Waals surface area contributed by atoms with E-state index in [-0.39, 0.29) is 0 Å². The number of alkyl halides is 3. The van der Waals surface area contributed by atoms with E-state index < -0.39 is 22.3 Å². The Labute approximate surface area is 57.4 Å². The van der Waals surface area contributed by atoms with Crippen LogP contribution >= 0.6 is 0 Å². The Bertz CT molecular complexity index is 73.9. The van der Waals surface area contributed by atoms with Crippen molar-refractivity contribution in [2.75, 3.05) is 0 Å². The lowest BCUT2D eigenvalue weighted by Crippen LogP contribution is -2.17. The maximum atomic E-state index is 11.4. The molecule has 0 aliphatic heterocycles. The van der Waals surface area contributed by atoms with Crippen LogP contribution in [0.5, 0.6) is 0 Å². The van der Waals surface area contributed by atoms with Gasteiger partial charge >= 0.3 is 6.18 Å². The lowest BCUT2D eigenvalue weighted by molar-refractivity contribution is -0.130. The van der Waals surface area contributed by atoms with Gasteiger partial charge in [-0.3, -0.25) is 0 Å². The molecule has 0 spiro atoms. The molecule has 0 unspecified atom stereocenters. The third-order valence-corrected chi connectivity index (χ3v) is 3.59. The summed E-state index contributed by atoms with van der Waals surface area (Å²) in [4.78, 5) is 0. The summed E-state index contributed by atoms with van der Waals surface area (Å²) in [5.41, 5.74) is 0. The minimum atomic E-state index is -3.94. The Kier molecular flexibility index (Phi) is 4.16. The molecular formula is C3H10F3NSi2. The Balaban J connectivity index is 3.07. The van der Waals surface area contributed by atoms with E-state index in [1.807, 2.05) is 0 Å². The van der Waals surface area contributed by atoms with Gasteiger partial charge in [-0.05, 0) is 6.04 Å². The van der Waals surface area contributed by atoms with Crippen LogP contribution in [0.25, 0.3) is 0 Å². The van der Waals surface area contributed by atoms with Crippen molar-refractivity contribution in [2.45, 2.75) is 18.6 Å². The summed E-state index contributed by atoms with van der Waals surface area (Å²) >= 11 is 0. The number of halogens is 3. The first-order valence-corrected chi connectivity index (χ1v) is 5.48. The predicted octanol–water partition coefficient (Wildman–Crippen LogP) is -0.689. The lowest BCUT2D eigenvalue weighted by Gasteiger charge is -2.03. The number of hydrogen-bond acceptors (Lipinski definition) is 1. The Morgan fingerprint density at radius 1 is 1.44 bits per heavy atom. The second-order valence-electron chi connectivity index (χ2n) is 1.82. The van der Waals surface area contributed by atoms with Gasteiger partial charge in [-0.25, -0.2) is 0 Å². The second kappa shape index (κ2) is 4.07. The van der Waals surface area contributed by atoms with Crippen molar-refractivity contribution in [2.24, 2.45) is 0 Å². The van der Waals surface area contributed by atoms with Crippen LogP contribution < -0.4 is 4.65 Å². The fourth-order valence-corrected chi connectivity index (χ4v) is 2.46. The van der Waals surface area contributed by atoms with E-state index >= 15 is 0 Å². The molecule has 0 aromatic carbocycles. The molecule has 0 aliphatic rings. The van der Waals surface area contributed by atoms with E-state index in [0.717, 1.165) is 10.4 Å². The van der Waals surface area contributed by atoms with Crippen molar-refractivity contribution in [3.05, 3.63) is 0 Å². The van der Waals surface area contributed by atoms with E-state index in [1.54, 1.807) is 0 Å². The van der Waals surface area contributed by atoms with Crippen LogP contribution in [0.15, 0.2) is 0 Å². The maximum absolute atomic E-state index is 11.4. The molecule has 6 heteroatoms. The Morgan fingerprint density at radius 3 is 2.33 bits per heavy atom. The van der Waals surface area contributed by atoms with Gasteiger partial charge in [-0.1, -0.05) is 0 Å². The smallest absolute Gasteiger partial charge is 0.372 e. The average Bonchev–Trinajstić information content (AvgIpc) is 1.63. The highest BCUT2D eigenvalue weighted by atomic mass is 28.3. The first-order chi connectivity index (χ1) is 4.06. The zero-order valence-electron chi connectivity index (χ0n) is 5.26. The summed E-state index contributed by atoms with van der Waals surface area (Å²) in [6, 6.07) is 0.340. The number of rotatable bonds is 3. The van der Waals surface area contributed by atoms with Crippen molar-refractivity contribution in [3.63, 3.8) is 0 Å². The van der Waals surface area contributed by atoms with E-state index in [0.29, 0.717) is 6.04 Å². The fourth-order valence-electron chi connectivity index (χ4n) is 0.466. The van der Waals surface area contributed by atoms with Crippen molar-refractivity contribution in [1.82, 2.24) is 4.65 Å². The summed E-state index contributed by atoms with van der Waals surface area (Å²) < 4.78 is 37.1. The molecule has 0 aromatic heterocycles. The first kappa shape index (κ1) is 9.18. The quantitative estimate of drug-likeness (QED) is 0.440. The Hall–Kier alpha value is 0.184. The third-order valence-electron chi connectivity index (χ3n) is 0.887. The molecule has 0 saturated carbocycles. The minimum Gasteiger partial charge on any atom is -0.372 e. The first-order valence-electron chi connectivity index (χ1n) is 2.77. The molecule has 56 valence electrons. The molecule has 0 fully saturated rings. The minimum absolute atomic E-state index is 0.340. The van der Waals surface area contributed by atoms with Crippen molar-refractivity contribution < 1.29 is 13.2 Å². The Morgan fingerprint density at radius 2 is 2.00 bits per heavy atom. The van der Waals surface area contributed by atoms with Crippen molar-refractivity contribution >= 4 is 20.1 Å². The maximum Gasteiger partial charge on any atom is 0.388 e. The number of nitrogens with one attached hydrogen (secondary N) is 1. The van der Waals surface area contributed by atoms with Gasteiger partial charge in [0, 0.05) is 6.42 Å². The van der Waals surface area contributed by atoms with Crippen LogP contribution in [0.2, 0.25) is 6.04 Å². The molecular weight excluding hydrogens is 163 g/mol. The highest BCUT2D eigenvalue weighted by Gasteiger charge is 2.25. The standard InChI is InChI=1S/C3H10F3NSi2/c4-3(5,6)1-2-9-7-8/h7H,1-2,9H2,8H3. The normalized spacial score (nSPS) is 13.7. The summed E-state index contributed by atoms with van der Waals surface area (Å²) in [6.07, 6.45) is -4.54. The molecule has 0 amide bonds. The highest BCUT2D eigenvalue weighted by molar-refractivity contribution is 6.41. The molecule has 0 aliphatic carbocycles. The van der Waals surface area contributed by atoms with Crippen LogP contribution in [-0.4, -0.2) is 26.3 Å². The molecule has 0 aromatic rings. The van der Waals surface area contributed by atoms with E-state index in [4.69, 9.17) is 0 Å². The van der Waals surface area contributed by atoms with E-state index in [1.165, 1.54) is 0 Å². The molecule has 0 heterocycles. The zero-order valence-corrected chi connectivity index (χ0v) is 8.67. The van der Waals surface area contributed by atoms with Crippen LogP contribution in [0, 0.1) is 0 Å². The topological polar surface area (TPSA) is 12.0 Å². The molecule has 0 atom stereocenters. The SMILES string of the molecule is FC(F)(F)CC[SiH2]N[SiH3]. The van der Waals surface area contributed by atoms with Crippen LogP contribution in [0.1, 0.15) is 6.42 Å². The molecule has 0 bridgehead atoms. The molecule has 1 nitrogen and oxygen atoms in total. The summed E-state index contributed by atoms with van der Waals surface area (Å²) in [7, 11) is 0.268. The van der Waals surface area contributed by atoms with E-state index in [9.17, 15) is 13.2 Å². The van der Waals surface area contributed by atoms with Gasteiger partial charge in [0.15, 0.2) is 0 Å².